The monoisotopic (exact) mass is 203 g/mol. The van der Waals surface area contributed by atoms with E-state index in [1.807, 2.05) is 4.90 Å². The molecule has 2 nitrogen and oxygen atoms in total. The normalized spacial score (nSPS) is 17.8. The molecule has 0 aromatic heterocycles. The van der Waals surface area contributed by atoms with Crippen molar-refractivity contribution >= 4 is 6.41 Å². The maximum absolute atomic E-state index is 10.6. The van der Waals surface area contributed by atoms with Crippen molar-refractivity contribution in [1.82, 2.24) is 4.90 Å². The minimum atomic E-state index is 0.640. The fourth-order valence-corrected chi connectivity index (χ4v) is 2.26. The Bertz CT molecular complexity index is 340. The highest BCUT2D eigenvalue weighted by Crippen LogP contribution is 2.27. The minimum Gasteiger partial charge on any atom is -0.345 e. The molecule has 1 aliphatic rings. The van der Waals surface area contributed by atoms with Crippen molar-refractivity contribution < 1.29 is 4.79 Å². The lowest BCUT2D eigenvalue weighted by Gasteiger charge is -2.29. The van der Waals surface area contributed by atoms with Gasteiger partial charge in [-0.2, -0.15) is 0 Å². The van der Waals surface area contributed by atoms with E-state index in [1.54, 1.807) is 0 Å². The molecule has 1 fully saturated rings. The molecule has 1 amide bonds. The topological polar surface area (TPSA) is 20.3 Å². The van der Waals surface area contributed by atoms with Gasteiger partial charge in [0.05, 0.1) is 0 Å². The summed E-state index contributed by atoms with van der Waals surface area (Å²) in [5, 5.41) is 0. The van der Waals surface area contributed by atoms with Gasteiger partial charge < -0.3 is 4.90 Å². The number of rotatable bonds is 2. The Hall–Kier alpha value is -1.31. The second-order valence-corrected chi connectivity index (χ2v) is 4.33. The van der Waals surface area contributed by atoms with Crippen LogP contribution in [0.5, 0.6) is 0 Å². The third-order valence-corrected chi connectivity index (χ3v) is 3.19. The number of aryl methyl sites for hydroxylation is 1. The lowest BCUT2D eigenvalue weighted by molar-refractivity contribution is -0.119. The fourth-order valence-electron chi connectivity index (χ4n) is 2.26. The minimum absolute atomic E-state index is 0.640. The van der Waals surface area contributed by atoms with E-state index in [-0.39, 0.29) is 0 Å². The zero-order chi connectivity index (χ0) is 10.7. The number of piperidine rings is 1. The molecule has 0 bridgehead atoms. The highest BCUT2D eigenvalue weighted by Gasteiger charge is 2.19. The number of hydrogen-bond donors (Lipinski definition) is 0. The van der Waals surface area contributed by atoms with Crippen LogP contribution in [0.1, 0.15) is 29.9 Å². The van der Waals surface area contributed by atoms with Crippen LogP contribution < -0.4 is 0 Å². The van der Waals surface area contributed by atoms with Crippen LogP contribution in [-0.2, 0) is 4.79 Å². The van der Waals surface area contributed by atoms with E-state index in [1.165, 1.54) is 11.1 Å². The van der Waals surface area contributed by atoms with Gasteiger partial charge in [0.1, 0.15) is 0 Å². The van der Waals surface area contributed by atoms with Gasteiger partial charge in [-0.25, -0.2) is 0 Å². The van der Waals surface area contributed by atoms with Gasteiger partial charge in [-0.1, -0.05) is 29.8 Å². The first-order chi connectivity index (χ1) is 7.29. The number of benzene rings is 1. The van der Waals surface area contributed by atoms with Gasteiger partial charge in [-0.05, 0) is 31.2 Å². The van der Waals surface area contributed by atoms with E-state index in [9.17, 15) is 4.79 Å². The van der Waals surface area contributed by atoms with Crippen molar-refractivity contribution in [3.8, 4) is 0 Å². The standard InChI is InChI=1S/C13H17NO/c1-11-3-2-4-13(9-11)12-5-7-14(10-15)8-6-12/h2-4,9-10,12H,5-8H2,1H3. The zero-order valence-electron chi connectivity index (χ0n) is 9.15. The summed E-state index contributed by atoms with van der Waals surface area (Å²) in [7, 11) is 0. The summed E-state index contributed by atoms with van der Waals surface area (Å²) in [5.41, 5.74) is 2.76. The highest BCUT2D eigenvalue weighted by molar-refractivity contribution is 5.47. The first-order valence-corrected chi connectivity index (χ1v) is 5.55. The largest absolute Gasteiger partial charge is 0.345 e. The van der Waals surface area contributed by atoms with Crippen LogP contribution in [0.15, 0.2) is 24.3 Å². The van der Waals surface area contributed by atoms with E-state index in [0.29, 0.717) is 5.92 Å². The van der Waals surface area contributed by atoms with E-state index in [4.69, 9.17) is 0 Å². The first kappa shape index (κ1) is 10.2. The van der Waals surface area contributed by atoms with E-state index in [2.05, 4.69) is 31.2 Å². The van der Waals surface area contributed by atoms with Gasteiger partial charge in [0, 0.05) is 13.1 Å². The van der Waals surface area contributed by atoms with Crippen molar-refractivity contribution in [2.45, 2.75) is 25.7 Å². The van der Waals surface area contributed by atoms with Crippen LogP contribution in [0.25, 0.3) is 0 Å². The molecule has 1 aromatic carbocycles. The third kappa shape index (κ3) is 2.38. The van der Waals surface area contributed by atoms with Gasteiger partial charge in [0.15, 0.2) is 0 Å². The van der Waals surface area contributed by atoms with Gasteiger partial charge in [0.25, 0.3) is 0 Å². The molecule has 1 aliphatic heterocycles. The Kier molecular flexibility index (Phi) is 3.05. The zero-order valence-corrected chi connectivity index (χ0v) is 9.15. The maximum atomic E-state index is 10.6. The molecule has 0 unspecified atom stereocenters. The predicted molar refractivity (Wildman–Crippen MR) is 60.8 cm³/mol. The number of hydrogen-bond acceptors (Lipinski definition) is 1. The smallest absolute Gasteiger partial charge is 0.209 e. The molecular weight excluding hydrogens is 186 g/mol. The number of likely N-dealkylation sites (tertiary alicyclic amines) is 1. The third-order valence-electron chi connectivity index (χ3n) is 3.19. The second kappa shape index (κ2) is 4.47. The molecule has 80 valence electrons. The van der Waals surface area contributed by atoms with E-state index in [0.717, 1.165) is 32.3 Å². The van der Waals surface area contributed by atoms with Crippen LogP contribution in [-0.4, -0.2) is 24.4 Å². The first-order valence-electron chi connectivity index (χ1n) is 5.55. The van der Waals surface area contributed by atoms with Crippen LogP contribution in [0.2, 0.25) is 0 Å². The van der Waals surface area contributed by atoms with E-state index >= 15 is 0 Å². The van der Waals surface area contributed by atoms with Crippen LogP contribution in [0.3, 0.4) is 0 Å². The summed E-state index contributed by atoms with van der Waals surface area (Å²) in [4.78, 5) is 12.5. The molecule has 1 aromatic rings. The molecule has 1 heterocycles. The molecule has 2 rings (SSSR count). The van der Waals surface area contributed by atoms with Crippen LogP contribution >= 0.6 is 0 Å². The summed E-state index contributed by atoms with van der Waals surface area (Å²) in [6, 6.07) is 8.72. The summed E-state index contributed by atoms with van der Waals surface area (Å²) in [6.45, 7) is 3.94. The summed E-state index contributed by atoms with van der Waals surface area (Å²) < 4.78 is 0. The van der Waals surface area contributed by atoms with Gasteiger partial charge >= 0.3 is 0 Å². The molecule has 2 heteroatoms. The molecule has 0 aliphatic carbocycles. The predicted octanol–water partition coefficient (Wildman–Crippen LogP) is 2.33. The molecule has 0 N–H and O–H groups in total. The Morgan fingerprint density at radius 2 is 2.07 bits per heavy atom. The number of nitrogens with zero attached hydrogens (tertiary/aromatic N) is 1. The summed E-state index contributed by atoms with van der Waals surface area (Å²) in [6.07, 6.45) is 3.16. The molecule has 15 heavy (non-hydrogen) atoms. The summed E-state index contributed by atoms with van der Waals surface area (Å²) >= 11 is 0. The van der Waals surface area contributed by atoms with Crippen molar-refractivity contribution in [3.05, 3.63) is 35.4 Å². The lowest BCUT2D eigenvalue weighted by atomic mass is 9.89. The molecule has 0 atom stereocenters. The molecule has 1 saturated heterocycles. The van der Waals surface area contributed by atoms with Crippen LogP contribution in [0.4, 0.5) is 0 Å². The van der Waals surface area contributed by atoms with Gasteiger partial charge in [-0.3, -0.25) is 4.79 Å². The number of amides is 1. The SMILES string of the molecule is Cc1cccc(C2CCN(C=O)CC2)c1. The Balaban J connectivity index is 2.04. The second-order valence-electron chi connectivity index (χ2n) is 4.33. The average molecular weight is 203 g/mol. The maximum Gasteiger partial charge on any atom is 0.209 e. The molecule has 0 spiro atoms. The van der Waals surface area contributed by atoms with Gasteiger partial charge in [-0.15, -0.1) is 0 Å². The average Bonchev–Trinajstić information content (AvgIpc) is 2.29. The molecule has 0 radical (unpaired) electrons. The fraction of sp³-hybridized carbons (Fsp3) is 0.462. The summed E-state index contributed by atoms with van der Waals surface area (Å²) in [5.74, 6) is 0.640. The van der Waals surface area contributed by atoms with Crippen molar-refractivity contribution in [1.29, 1.82) is 0 Å². The van der Waals surface area contributed by atoms with Crippen molar-refractivity contribution in [2.75, 3.05) is 13.1 Å². The van der Waals surface area contributed by atoms with E-state index < -0.39 is 0 Å². The molecule has 0 saturated carbocycles. The van der Waals surface area contributed by atoms with Gasteiger partial charge in [0.2, 0.25) is 6.41 Å². The van der Waals surface area contributed by atoms with Crippen molar-refractivity contribution in [3.63, 3.8) is 0 Å². The lowest BCUT2D eigenvalue weighted by Crippen LogP contribution is -2.31. The molecular formula is C13H17NO. The quantitative estimate of drug-likeness (QED) is 0.675. The number of carbonyl (C=O) groups excluding carboxylic acids is 1. The highest BCUT2D eigenvalue weighted by atomic mass is 16.1. The number of carbonyl (C=O) groups is 1. The Labute approximate surface area is 90.9 Å². The Morgan fingerprint density at radius 3 is 2.67 bits per heavy atom. The Morgan fingerprint density at radius 1 is 1.33 bits per heavy atom. The van der Waals surface area contributed by atoms with Crippen molar-refractivity contribution in [2.24, 2.45) is 0 Å². The van der Waals surface area contributed by atoms with Crippen LogP contribution in [0, 0.1) is 6.92 Å².